The van der Waals surface area contributed by atoms with Crippen molar-refractivity contribution < 1.29 is 19.4 Å². The van der Waals surface area contributed by atoms with Crippen molar-refractivity contribution in [2.75, 3.05) is 26.2 Å². The average Bonchev–Trinajstić information content (AvgIpc) is 3.72. The summed E-state index contributed by atoms with van der Waals surface area (Å²) in [6.45, 7) is 8.99. The third-order valence-corrected chi connectivity index (χ3v) is 10.0. The second-order valence-electron chi connectivity index (χ2n) is 12.9. The van der Waals surface area contributed by atoms with Gasteiger partial charge in [0.15, 0.2) is 0 Å². The summed E-state index contributed by atoms with van der Waals surface area (Å²) in [4.78, 5) is 31.2. The zero-order chi connectivity index (χ0) is 29.4. The molecule has 1 saturated heterocycles. The Morgan fingerprint density at radius 3 is 2.54 bits per heavy atom. The zero-order valence-corrected chi connectivity index (χ0v) is 25.9. The van der Waals surface area contributed by atoms with Crippen LogP contribution in [0.25, 0.3) is 0 Å². The summed E-state index contributed by atoms with van der Waals surface area (Å²) in [5.41, 5.74) is 0.557. The minimum Gasteiger partial charge on any atom is -0.508 e. The largest absolute Gasteiger partial charge is 0.508 e. The number of phenols is 1. The van der Waals surface area contributed by atoms with E-state index in [1.165, 1.54) is 19.8 Å². The minimum absolute atomic E-state index is 0.0336. The van der Waals surface area contributed by atoms with Gasteiger partial charge in [0, 0.05) is 38.0 Å². The Labute approximate surface area is 253 Å². The van der Waals surface area contributed by atoms with Gasteiger partial charge in [-0.15, -0.1) is 0 Å². The van der Waals surface area contributed by atoms with Crippen LogP contribution in [-0.4, -0.2) is 64.6 Å². The molecule has 3 fully saturated rings. The summed E-state index contributed by atoms with van der Waals surface area (Å²) in [7, 11) is 0. The number of carbonyl (C=O) groups excluding carboxylic acids is 2. The maximum Gasteiger partial charge on any atom is 0.303 e. The Kier molecular flexibility index (Phi) is 8.94. The molecule has 3 unspecified atom stereocenters. The number of rotatable bonds is 9. The molecule has 41 heavy (non-hydrogen) atoms. The maximum atomic E-state index is 14.0. The van der Waals surface area contributed by atoms with Crippen molar-refractivity contribution in [3.05, 3.63) is 63.6 Å². The van der Waals surface area contributed by atoms with E-state index >= 15 is 0 Å². The van der Waals surface area contributed by atoms with Gasteiger partial charge in [-0.25, -0.2) is 0 Å². The van der Waals surface area contributed by atoms with Crippen LogP contribution in [0, 0.1) is 11.8 Å². The van der Waals surface area contributed by atoms with E-state index in [4.69, 9.17) is 27.9 Å². The van der Waals surface area contributed by atoms with Crippen LogP contribution in [0.3, 0.4) is 0 Å². The Morgan fingerprint density at radius 1 is 1.10 bits per heavy atom. The first-order chi connectivity index (χ1) is 19.5. The van der Waals surface area contributed by atoms with E-state index in [1.54, 1.807) is 18.2 Å². The van der Waals surface area contributed by atoms with E-state index in [2.05, 4.69) is 24.8 Å². The summed E-state index contributed by atoms with van der Waals surface area (Å²) >= 11 is 12.4. The SMILES string of the molecule is CC(=O)OC12CCC(N(CC(C)C)C(=O)Cc3ccc(Cl)c(Cl)c3)CC1(c1cccc(O)c1)CCN(CC1CC1)C2. The van der Waals surface area contributed by atoms with Crippen molar-refractivity contribution in [2.24, 2.45) is 11.8 Å². The highest BCUT2D eigenvalue weighted by Gasteiger charge is 2.61. The molecule has 0 bridgehead atoms. The molecule has 6 nitrogen and oxygen atoms in total. The van der Waals surface area contributed by atoms with Gasteiger partial charge in [-0.1, -0.05) is 55.2 Å². The van der Waals surface area contributed by atoms with E-state index < -0.39 is 11.0 Å². The van der Waals surface area contributed by atoms with Gasteiger partial charge in [0.1, 0.15) is 11.4 Å². The number of benzene rings is 2. The van der Waals surface area contributed by atoms with Crippen LogP contribution in [0.2, 0.25) is 10.0 Å². The zero-order valence-electron chi connectivity index (χ0n) is 24.4. The lowest BCUT2D eigenvalue weighted by atomic mass is 9.54. The minimum atomic E-state index is -0.730. The second-order valence-corrected chi connectivity index (χ2v) is 13.7. The lowest BCUT2D eigenvalue weighted by Gasteiger charge is -2.60. The molecule has 2 aliphatic carbocycles. The fraction of sp³-hybridized carbons (Fsp3) is 0.576. The van der Waals surface area contributed by atoms with E-state index in [0.29, 0.717) is 36.0 Å². The van der Waals surface area contributed by atoms with Gasteiger partial charge in [0.2, 0.25) is 5.91 Å². The van der Waals surface area contributed by atoms with Crippen molar-refractivity contribution in [3.63, 3.8) is 0 Å². The molecular formula is C33H42Cl2N2O4. The molecule has 1 amide bonds. The van der Waals surface area contributed by atoms with Crippen LogP contribution in [0.4, 0.5) is 0 Å². The van der Waals surface area contributed by atoms with Gasteiger partial charge in [0.05, 0.1) is 16.5 Å². The summed E-state index contributed by atoms with van der Waals surface area (Å²) in [6, 6.07) is 12.8. The molecule has 1 N–H and O–H groups in total. The average molecular weight is 602 g/mol. The topological polar surface area (TPSA) is 70.1 Å². The number of halogens is 2. The Bertz CT molecular complexity index is 1280. The molecule has 8 heteroatoms. The van der Waals surface area contributed by atoms with Crippen LogP contribution in [-0.2, 0) is 26.2 Å². The van der Waals surface area contributed by atoms with E-state index in [9.17, 15) is 14.7 Å². The summed E-state index contributed by atoms with van der Waals surface area (Å²) in [5, 5.41) is 11.5. The van der Waals surface area contributed by atoms with Gasteiger partial charge in [-0.2, -0.15) is 0 Å². The predicted molar refractivity (Wildman–Crippen MR) is 162 cm³/mol. The number of likely N-dealkylation sites (tertiary alicyclic amines) is 1. The molecule has 3 atom stereocenters. The number of nitrogens with zero attached hydrogens (tertiary/aromatic N) is 2. The molecule has 2 saturated carbocycles. The van der Waals surface area contributed by atoms with E-state index in [0.717, 1.165) is 43.0 Å². The van der Waals surface area contributed by atoms with Gasteiger partial charge >= 0.3 is 5.97 Å². The van der Waals surface area contributed by atoms with Crippen LogP contribution < -0.4 is 0 Å². The second kappa shape index (κ2) is 12.1. The van der Waals surface area contributed by atoms with Crippen LogP contribution in [0.5, 0.6) is 5.75 Å². The number of amides is 1. The number of esters is 1. The molecule has 3 aliphatic rings. The smallest absolute Gasteiger partial charge is 0.303 e. The fourth-order valence-electron chi connectivity index (χ4n) is 7.32. The van der Waals surface area contributed by atoms with Crippen molar-refractivity contribution in [2.45, 2.75) is 82.8 Å². The molecule has 2 aromatic carbocycles. The van der Waals surface area contributed by atoms with E-state index in [-0.39, 0.29) is 36.0 Å². The predicted octanol–water partition coefficient (Wildman–Crippen LogP) is 6.63. The Balaban J connectivity index is 1.51. The van der Waals surface area contributed by atoms with Crippen LogP contribution >= 0.6 is 23.2 Å². The standard InChI is InChI=1S/C33H42Cl2N2O4/c1-22(2)19-37(31(40)16-25-9-10-29(34)30(35)15-25)27-11-12-33(41-23(3)38)21-36(20-24-7-8-24)14-13-32(33,18-27)26-5-4-6-28(39)17-26/h4-6,9-10,15,17,22,24,27,39H,7-8,11-14,16,18-21H2,1-3H3. The maximum absolute atomic E-state index is 14.0. The summed E-state index contributed by atoms with van der Waals surface area (Å²) in [5.74, 6) is 0.987. The highest BCUT2D eigenvalue weighted by atomic mass is 35.5. The van der Waals surface area contributed by atoms with Gasteiger partial charge < -0.3 is 14.7 Å². The molecular weight excluding hydrogens is 559 g/mol. The van der Waals surface area contributed by atoms with Crippen molar-refractivity contribution >= 4 is 35.1 Å². The summed E-state index contributed by atoms with van der Waals surface area (Å²) in [6.07, 6.45) is 5.63. The molecule has 5 rings (SSSR count). The number of piperidine rings is 1. The van der Waals surface area contributed by atoms with Gasteiger partial charge in [-0.05, 0) is 92.3 Å². The molecule has 0 aromatic heterocycles. The van der Waals surface area contributed by atoms with Gasteiger partial charge in [-0.3, -0.25) is 14.5 Å². The normalized spacial score (nSPS) is 26.4. The number of hydrogen-bond acceptors (Lipinski definition) is 5. The van der Waals surface area contributed by atoms with Crippen molar-refractivity contribution in [3.8, 4) is 5.75 Å². The number of hydrogen-bond donors (Lipinski definition) is 1. The highest BCUT2D eigenvalue weighted by Crippen LogP contribution is 2.55. The van der Waals surface area contributed by atoms with Crippen LogP contribution in [0.15, 0.2) is 42.5 Å². The van der Waals surface area contributed by atoms with Crippen molar-refractivity contribution in [1.29, 1.82) is 0 Å². The van der Waals surface area contributed by atoms with Crippen molar-refractivity contribution in [1.82, 2.24) is 9.80 Å². The quantitative estimate of drug-likeness (QED) is 0.327. The Morgan fingerprint density at radius 2 is 1.88 bits per heavy atom. The first kappa shape index (κ1) is 30.2. The first-order valence-electron chi connectivity index (χ1n) is 14.9. The van der Waals surface area contributed by atoms with Gasteiger partial charge in [0.25, 0.3) is 0 Å². The third-order valence-electron chi connectivity index (χ3n) is 9.28. The molecule has 2 aromatic rings. The van der Waals surface area contributed by atoms with Crippen LogP contribution in [0.1, 0.15) is 70.4 Å². The molecule has 1 heterocycles. The lowest BCUT2D eigenvalue weighted by molar-refractivity contribution is -0.190. The number of fused-ring (bicyclic) bond motifs is 1. The fourth-order valence-corrected chi connectivity index (χ4v) is 7.65. The molecule has 0 spiro atoms. The molecule has 222 valence electrons. The Hall–Kier alpha value is -2.28. The number of carbonyl (C=O) groups is 2. The monoisotopic (exact) mass is 600 g/mol. The number of aromatic hydroxyl groups is 1. The first-order valence-corrected chi connectivity index (χ1v) is 15.7. The third kappa shape index (κ3) is 6.55. The lowest BCUT2D eigenvalue weighted by Crippen LogP contribution is -2.69. The van der Waals surface area contributed by atoms with E-state index in [1.807, 2.05) is 23.1 Å². The summed E-state index contributed by atoms with van der Waals surface area (Å²) < 4.78 is 6.41. The highest BCUT2D eigenvalue weighted by molar-refractivity contribution is 6.42. The molecule has 0 radical (unpaired) electrons. The molecule has 1 aliphatic heterocycles. The number of phenolic OH excluding ortho intramolecular Hbond substituents is 1. The number of ether oxygens (including phenoxy) is 1.